The lowest BCUT2D eigenvalue weighted by Crippen LogP contribution is -2.53. The molecule has 1 amide bonds. The first-order valence-electron chi connectivity index (χ1n) is 10.4. The van der Waals surface area contributed by atoms with E-state index in [9.17, 15) is 14.9 Å². The fraction of sp³-hybridized carbons (Fsp3) is 0.857. The van der Waals surface area contributed by atoms with Gasteiger partial charge >= 0.3 is 5.97 Å². The number of halogens is 1. The normalized spacial score (nSPS) is 38.8. The Morgan fingerprint density at radius 1 is 1.11 bits per heavy atom. The van der Waals surface area contributed by atoms with E-state index in [0.717, 1.165) is 50.4 Å². The number of nitriles is 1. The molecule has 1 N–H and O–H groups in total. The minimum Gasteiger partial charge on any atom is -0.456 e. The van der Waals surface area contributed by atoms with Gasteiger partial charge in [-0.3, -0.25) is 9.59 Å². The molecule has 0 aromatic carbocycles. The van der Waals surface area contributed by atoms with Gasteiger partial charge in [0.2, 0.25) is 0 Å². The molecule has 0 aromatic heterocycles. The molecule has 0 heterocycles. The molecule has 4 bridgehead atoms. The Morgan fingerprint density at radius 2 is 1.78 bits per heavy atom. The van der Waals surface area contributed by atoms with Crippen molar-refractivity contribution in [3.63, 3.8) is 0 Å². The molecule has 0 radical (unpaired) electrons. The predicted molar refractivity (Wildman–Crippen MR) is 104 cm³/mol. The van der Waals surface area contributed by atoms with Gasteiger partial charge in [0.05, 0.1) is 12.5 Å². The van der Waals surface area contributed by atoms with Crippen molar-refractivity contribution in [1.29, 1.82) is 5.26 Å². The molecule has 0 aliphatic heterocycles. The molecule has 0 unspecified atom stereocenters. The topological polar surface area (TPSA) is 79.2 Å². The molecule has 5 saturated carbocycles. The van der Waals surface area contributed by atoms with Crippen molar-refractivity contribution in [3.8, 4) is 6.07 Å². The quantitative estimate of drug-likeness (QED) is 0.521. The minimum atomic E-state index is -0.774. The summed E-state index contributed by atoms with van der Waals surface area (Å²) in [6.45, 7) is -0.273. The van der Waals surface area contributed by atoms with Crippen molar-refractivity contribution < 1.29 is 14.3 Å². The number of nitrogens with one attached hydrogen (secondary N) is 1. The maximum atomic E-state index is 12.5. The summed E-state index contributed by atoms with van der Waals surface area (Å²) >= 11 is 3.97. The van der Waals surface area contributed by atoms with Crippen LogP contribution in [0.15, 0.2) is 0 Å². The number of alkyl halides is 1. The molecule has 148 valence electrons. The van der Waals surface area contributed by atoms with Gasteiger partial charge in [-0.1, -0.05) is 35.2 Å². The summed E-state index contributed by atoms with van der Waals surface area (Å²) in [6.07, 6.45) is 11.9. The number of ether oxygens (including phenoxy) is 1. The van der Waals surface area contributed by atoms with Gasteiger partial charge in [0.1, 0.15) is 5.54 Å². The van der Waals surface area contributed by atoms with Crippen LogP contribution in [-0.4, -0.2) is 28.3 Å². The molecule has 5 nitrogen and oxygen atoms in total. The number of rotatable bonds is 5. The molecule has 5 aliphatic rings. The highest BCUT2D eigenvalue weighted by atomic mass is 79.9. The molecular formula is C21H29BrN2O3. The highest BCUT2D eigenvalue weighted by Gasteiger charge is 2.57. The number of carbonyl (C=O) groups excluding carboxylic acids is 2. The first-order valence-corrected chi connectivity index (χ1v) is 11.2. The van der Waals surface area contributed by atoms with Crippen LogP contribution < -0.4 is 5.32 Å². The summed E-state index contributed by atoms with van der Waals surface area (Å²) in [5.74, 6) is 0.833. The molecule has 0 saturated heterocycles. The largest absolute Gasteiger partial charge is 0.456 e. The molecular weight excluding hydrogens is 408 g/mol. The van der Waals surface area contributed by atoms with E-state index in [0.29, 0.717) is 19.3 Å². The van der Waals surface area contributed by atoms with Crippen molar-refractivity contribution in [1.82, 2.24) is 5.32 Å². The molecule has 6 heteroatoms. The van der Waals surface area contributed by atoms with E-state index in [-0.39, 0.29) is 28.2 Å². The Labute approximate surface area is 169 Å². The maximum absolute atomic E-state index is 12.5. The molecule has 5 aliphatic carbocycles. The number of hydrogen-bond donors (Lipinski definition) is 1. The van der Waals surface area contributed by atoms with Crippen molar-refractivity contribution in [2.24, 2.45) is 17.3 Å². The van der Waals surface area contributed by atoms with Gasteiger partial charge in [-0.2, -0.15) is 5.26 Å². The second-order valence-corrected chi connectivity index (χ2v) is 11.4. The number of carbonyl (C=O) groups is 2. The second-order valence-electron chi connectivity index (χ2n) is 9.75. The predicted octanol–water partition coefficient (Wildman–Crippen LogP) is 4.00. The van der Waals surface area contributed by atoms with Gasteiger partial charge in [0, 0.05) is 4.32 Å². The lowest BCUT2D eigenvalue weighted by molar-refractivity contribution is -0.155. The van der Waals surface area contributed by atoms with Crippen LogP contribution in [0.25, 0.3) is 0 Å². The monoisotopic (exact) mass is 436 g/mol. The van der Waals surface area contributed by atoms with Crippen LogP contribution in [0.3, 0.4) is 0 Å². The molecule has 2 atom stereocenters. The van der Waals surface area contributed by atoms with E-state index in [1.54, 1.807) is 0 Å². The molecule has 5 fully saturated rings. The van der Waals surface area contributed by atoms with Crippen molar-refractivity contribution >= 4 is 27.8 Å². The van der Waals surface area contributed by atoms with Gasteiger partial charge in [-0.25, -0.2) is 0 Å². The third-order valence-electron chi connectivity index (χ3n) is 7.29. The summed E-state index contributed by atoms with van der Waals surface area (Å²) in [6, 6.07) is 2.27. The molecule has 27 heavy (non-hydrogen) atoms. The van der Waals surface area contributed by atoms with Gasteiger partial charge in [-0.15, -0.1) is 0 Å². The van der Waals surface area contributed by atoms with E-state index in [2.05, 4.69) is 27.3 Å². The Kier molecular flexibility index (Phi) is 5.03. The lowest BCUT2D eigenvalue weighted by atomic mass is 9.49. The van der Waals surface area contributed by atoms with Crippen LogP contribution in [-0.2, 0) is 14.3 Å². The van der Waals surface area contributed by atoms with Crippen LogP contribution in [0.1, 0.15) is 77.0 Å². The zero-order valence-electron chi connectivity index (χ0n) is 15.9. The first-order chi connectivity index (χ1) is 12.8. The lowest BCUT2D eigenvalue weighted by Gasteiger charge is -2.60. The third kappa shape index (κ3) is 4.04. The van der Waals surface area contributed by atoms with Crippen LogP contribution in [0.5, 0.6) is 0 Å². The zero-order valence-corrected chi connectivity index (χ0v) is 17.5. The second kappa shape index (κ2) is 7.06. The number of nitrogens with zero attached hydrogens (tertiary/aromatic N) is 1. The third-order valence-corrected chi connectivity index (χ3v) is 8.22. The van der Waals surface area contributed by atoms with Crippen LogP contribution in [0.4, 0.5) is 0 Å². The molecule has 0 spiro atoms. The fourth-order valence-corrected chi connectivity index (χ4v) is 8.28. The average Bonchev–Trinajstić information content (AvgIpc) is 2.58. The van der Waals surface area contributed by atoms with Crippen LogP contribution in [0, 0.1) is 28.6 Å². The van der Waals surface area contributed by atoms with Gasteiger partial charge in [-0.05, 0) is 68.6 Å². The van der Waals surface area contributed by atoms with Crippen LogP contribution in [0.2, 0.25) is 0 Å². The van der Waals surface area contributed by atoms with Gasteiger partial charge in [0.25, 0.3) is 5.91 Å². The van der Waals surface area contributed by atoms with E-state index < -0.39 is 5.54 Å². The Balaban J connectivity index is 1.29. The minimum absolute atomic E-state index is 0.0540. The Hall–Kier alpha value is -1.09. The van der Waals surface area contributed by atoms with E-state index in [4.69, 9.17) is 4.74 Å². The highest BCUT2D eigenvalue weighted by Crippen LogP contribution is 2.65. The van der Waals surface area contributed by atoms with Gasteiger partial charge in [0.15, 0.2) is 6.61 Å². The maximum Gasteiger partial charge on any atom is 0.306 e. The first kappa shape index (κ1) is 19.2. The van der Waals surface area contributed by atoms with Crippen molar-refractivity contribution in [2.75, 3.05) is 6.61 Å². The summed E-state index contributed by atoms with van der Waals surface area (Å²) < 4.78 is 5.55. The highest BCUT2D eigenvalue weighted by molar-refractivity contribution is 9.10. The number of amides is 1. The summed E-state index contributed by atoms with van der Waals surface area (Å²) in [5, 5.41) is 12.3. The zero-order chi connectivity index (χ0) is 19.1. The van der Waals surface area contributed by atoms with Crippen molar-refractivity contribution in [3.05, 3.63) is 0 Å². The van der Waals surface area contributed by atoms with E-state index in [1.165, 1.54) is 19.3 Å². The Bertz CT molecular complexity index is 651. The fourth-order valence-electron chi connectivity index (χ4n) is 6.77. The number of esters is 1. The molecule has 5 rings (SSSR count). The average molecular weight is 437 g/mol. The molecule has 0 aromatic rings. The van der Waals surface area contributed by atoms with Gasteiger partial charge < -0.3 is 10.1 Å². The standard InChI is InChI=1S/C21H29BrN2O3/c22-20-9-15-6-16(10-20)8-19(7-15,13-20)11-18(26)27-12-17(25)24-21(14-23)4-2-1-3-5-21/h15-16H,1-13H2,(H,24,25)/t15-,16-,19?,20?/m0/s1. The SMILES string of the molecule is N#CC1(NC(=O)COC(=O)CC23C[C@@H]4C[C@H](CC(Br)(C4)C2)C3)CCCCC1. The summed E-state index contributed by atoms with van der Waals surface area (Å²) in [5.41, 5.74) is -0.720. The smallest absolute Gasteiger partial charge is 0.306 e. The van der Waals surface area contributed by atoms with Crippen LogP contribution >= 0.6 is 15.9 Å². The van der Waals surface area contributed by atoms with E-state index >= 15 is 0 Å². The summed E-state index contributed by atoms with van der Waals surface area (Å²) in [7, 11) is 0. The van der Waals surface area contributed by atoms with E-state index in [1.807, 2.05) is 0 Å². The number of hydrogen-bond acceptors (Lipinski definition) is 4. The van der Waals surface area contributed by atoms with Crippen molar-refractivity contribution in [2.45, 2.75) is 86.9 Å². The Morgan fingerprint density at radius 3 is 2.37 bits per heavy atom. The summed E-state index contributed by atoms with van der Waals surface area (Å²) in [4.78, 5) is 24.7.